The summed E-state index contributed by atoms with van der Waals surface area (Å²) < 4.78 is 5.82. The maximum absolute atomic E-state index is 6.24. The third kappa shape index (κ3) is 4.60. The number of nitrogen functional groups attached to an aromatic ring is 1. The van der Waals surface area contributed by atoms with Crippen molar-refractivity contribution in [2.45, 2.75) is 19.4 Å². The van der Waals surface area contributed by atoms with Gasteiger partial charge >= 0.3 is 0 Å². The molecule has 1 aromatic heterocycles. The first-order chi connectivity index (χ1) is 11.2. The molecular formula is C18H22ClN3O. The van der Waals surface area contributed by atoms with E-state index in [9.17, 15) is 0 Å². The van der Waals surface area contributed by atoms with Crippen LogP contribution in [0.25, 0.3) is 0 Å². The van der Waals surface area contributed by atoms with Crippen molar-refractivity contribution >= 4 is 17.3 Å². The summed E-state index contributed by atoms with van der Waals surface area (Å²) in [4.78, 5) is 6.50. The minimum absolute atomic E-state index is 0.582. The van der Waals surface area contributed by atoms with Gasteiger partial charge in [-0.1, -0.05) is 29.8 Å². The van der Waals surface area contributed by atoms with E-state index in [1.165, 1.54) is 5.56 Å². The molecule has 4 nitrogen and oxygen atoms in total. The summed E-state index contributed by atoms with van der Waals surface area (Å²) in [5.41, 5.74) is 7.55. The van der Waals surface area contributed by atoms with Crippen LogP contribution in [0.15, 0.2) is 42.7 Å². The molecule has 1 aromatic carbocycles. The number of hydrogen-bond donors (Lipinski definition) is 1. The molecule has 1 aliphatic heterocycles. The van der Waals surface area contributed by atoms with E-state index in [-0.39, 0.29) is 0 Å². The van der Waals surface area contributed by atoms with Crippen molar-refractivity contribution in [1.29, 1.82) is 0 Å². The second-order valence-corrected chi connectivity index (χ2v) is 6.48. The standard InChI is InChI=1S/C18H22ClN3O/c19-18-4-2-1-3-15(18)12-22-7-5-14(6-8-22)13-23-17-9-16(20)10-21-11-17/h1-4,9-11,14H,5-8,12-13,20H2. The Balaban J connectivity index is 1.44. The normalized spacial score (nSPS) is 16.4. The third-order valence-electron chi connectivity index (χ3n) is 4.28. The highest BCUT2D eigenvalue weighted by Crippen LogP contribution is 2.23. The van der Waals surface area contributed by atoms with E-state index < -0.39 is 0 Å². The number of benzene rings is 1. The molecule has 3 rings (SSSR count). The average Bonchev–Trinajstić information content (AvgIpc) is 2.56. The highest BCUT2D eigenvalue weighted by atomic mass is 35.5. The van der Waals surface area contributed by atoms with Gasteiger partial charge in [-0.25, -0.2) is 0 Å². The summed E-state index contributed by atoms with van der Waals surface area (Å²) in [6.45, 7) is 3.81. The van der Waals surface area contributed by atoms with Crippen molar-refractivity contribution in [3.05, 3.63) is 53.3 Å². The van der Waals surface area contributed by atoms with E-state index in [2.05, 4.69) is 16.0 Å². The smallest absolute Gasteiger partial charge is 0.139 e. The van der Waals surface area contributed by atoms with E-state index >= 15 is 0 Å². The number of hydrogen-bond acceptors (Lipinski definition) is 4. The minimum Gasteiger partial charge on any atom is -0.492 e. The molecule has 0 bridgehead atoms. The lowest BCUT2D eigenvalue weighted by molar-refractivity contribution is 0.136. The van der Waals surface area contributed by atoms with Crippen LogP contribution in [0.2, 0.25) is 5.02 Å². The van der Waals surface area contributed by atoms with E-state index in [0.717, 1.165) is 49.9 Å². The number of rotatable bonds is 5. The van der Waals surface area contributed by atoms with Gasteiger partial charge in [0.15, 0.2) is 0 Å². The highest BCUT2D eigenvalue weighted by Gasteiger charge is 2.20. The van der Waals surface area contributed by atoms with Crippen LogP contribution in [-0.4, -0.2) is 29.6 Å². The molecule has 0 aliphatic carbocycles. The number of piperidine rings is 1. The number of halogens is 1. The highest BCUT2D eigenvalue weighted by molar-refractivity contribution is 6.31. The topological polar surface area (TPSA) is 51.4 Å². The van der Waals surface area contributed by atoms with Crippen LogP contribution in [0.4, 0.5) is 5.69 Å². The Labute approximate surface area is 142 Å². The molecule has 1 saturated heterocycles. The summed E-state index contributed by atoms with van der Waals surface area (Å²) in [5, 5.41) is 0.854. The number of pyridine rings is 1. The van der Waals surface area contributed by atoms with Crippen LogP contribution < -0.4 is 10.5 Å². The maximum Gasteiger partial charge on any atom is 0.139 e. The molecule has 2 N–H and O–H groups in total. The van der Waals surface area contributed by atoms with Gasteiger partial charge < -0.3 is 10.5 Å². The van der Waals surface area contributed by atoms with Crippen molar-refractivity contribution in [2.24, 2.45) is 5.92 Å². The SMILES string of the molecule is Nc1cncc(OCC2CCN(Cc3ccccc3Cl)CC2)c1. The third-order valence-corrected chi connectivity index (χ3v) is 4.65. The number of ether oxygens (including phenoxy) is 1. The van der Waals surface area contributed by atoms with Crippen molar-refractivity contribution in [2.75, 3.05) is 25.4 Å². The van der Waals surface area contributed by atoms with Crippen LogP contribution in [0.3, 0.4) is 0 Å². The predicted octanol–water partition coefficient (Wildman–Crippen LogP) is 3.61. The van der Waals surface area contributed by atoms with Crippen molar-refractivity contribution < 1.29 is 4.74 Å². The van der Waals surface area contributed by atoms with Gasteiger partial charge in [0.1, 0.15) is 5.75 Å². The molecular weight excluding hydrogens is 310 g/mol. The second-order valence-electron chi connectivity index (χ2n) is 6.08. The molecule has 0 spiro atoms. The van der Waals surface area contributed by atoms with Gasteiger partial charge in [0, 0.05) is 17.6 Å². The van der Waals surface area contributed by atoms with Crippen LogP contribution in [0.1, 0.15) is 18.4 Å². The molecule has 0 unspecified atom stereocenters. The monoisotopic (exact) mass is 331 g/mol. The summed E-state index contributed by atoms with van der Waals surface area (Å²) in [5.74, 6) is 1.34. The van der Waals surface area contributed by atoms with Gasteiger partial charge in [0.25, 0.3) is 0 Å². The number of likely N-dealkylation sites (tertiary alicyclic amines) is 1. The van der Waals surface area contributed by atoms with Crippen molar-refractivity contribution in [3.8, 4) is 5.75 Å². The van der Waals surface area contributed by atoms with E-state index in [1.807, 2.05) is 24.3 Å². The molecule has 1 fully saturated rings. The summed E-state index contributed by atoms with van der Waals surface area (Å²) in [6, 6.07) is 9.89. The van der Waals surface area contributed by atoms with Crippen LogP contribution in [0.5, 0.6) is 5.75 Å². The molecule has 1 aliphatic rings. The minimum atomic E-state index is 0.582. The fourth-order valence-corrected chi connectivity index (χ4v) is 3.10. The first-order valence-electron chi connectivity index (χ1n) is 8.00. The largest absolute Gasteiger partial charge is 0.492 e. The lowest BCUT2D eigenvalue weighted by Crippen LogP contribution is -2.35. The predicted molar refractivity (Wildman–Crippen MR) is 93.6 cm³/mol. The van der Waals surface area contributed by atoms with E-state index in [0.29, 0.717) is 11.6 Å². The Kier molecular flexibility index (Phi) is 5.36. The van der Waals surface area contributed by atoms with Gasteiger partial charge in [0.05, 0.1) is 24.7 Å². The molecule has 2 aromatic rings. The first kappa shape index (κ1) is 16.1. The van der Waals surface area contributed by atoms with Gasteiger partial charge in [-0.05, 0) is 43.5 Å². The average molecular weight is 332 g/mol. The van der Waals surface area contributed by atoms with Crippen LogP contribution >= 0.6 is 11.6 Å². The Morgan fingerprint density at radius 2 is 2.00 bits per heavy atom. The first-order valence-corrected chi connectivity index (χ1v) is 8.37. The molecule has 0 radical (unpaired) electrons. The summed E-state index contributed by atoms with van der Waals surface area (Å²) >= 11 is 6.24. The lowest BCUT2D eigenvalue weighted by atomic mass is 9.97. The zero-order valence-electron chi connectivity index (χ0n) is 13.1. The van der Waals surface area contributed by atoms with E-state index in [1.54, 1.807) is 12.4 Å². The number of nitrogens with zero attached hydrogens (tertiary/aromatic N) is 2. The molecule has 5 heteroatoms. The Morgan fingerprint density at radius 3 is 2.74 bits per heavy atom. The molecule has 0 atom stereocenters. The number of nitrogens with two attached hydrogens (primary N) is 1. The van der Waals surface area contributed by atoms with Crippen LogP contribution in [-0.2, 0) is 6.54 Å². The molecule has 122 valence electrons. The van der Waals surface area contributed by atoms with Gasteiger partial charge in [-0.3, -0.25) is 9.88 Å². The Bertz CT molecular complexity index is 642. The number of anilines is 1. The zero-order chi connectivity index (χ0) is 16.1. The number of aromatic nitrogens is 1. The van der Waals surface area contributed by atoms with Crippen molar-refractivity contribution in [1.82, 2.24) is 9.88 Å². The van der Waals surface area contributed by atoms with Crippen molar-refractivity contribution in [3.63, 3.8) is 0 Å². The van der Waals surface area contributed by atoms with Crippen LogP contribution in [0, 0.1) is 5.92 Å². The van der Waals surface area contributed by atoms with Gasteiger partial charge in [0.2, 0.25) is 0 Å². The quantitative estimate of drug-likeness (QED) is 0.909. The van der Waals surface area contributed by atoms with Gasteiger partial charge in [-0.2, -0.15) is 0 Å². The molecule has 23 heavy (non-hydrogen) atoms. The fourth-order valence-electron chi connectivity index (χ4n) is 2.91. The van der Waals surface area contributed by atoms with Gasteiger partial charge in [-0.15, -0.1) is 0 Å². The Hall–Kier alpha value is -1.78. The Morgan fingerprint density at radius 1 is 1.22 bits per heavy atom. The summed E-state index contributed by atoms with van der Waals surface area (Å²) in [6.07, 6.45) is 5.61. The second kappa shape index (κ2) is 7.66. The zero-order valence-corrected chi connectivity index (χ0v) is 13.9. The maximum atomic E-state index is 6.24. The van der Waals surface area contributed by atoms with E-state index in [4.69, 9.17) is 22.1 Å². The lowest BCUT2D eigenvalue weighted by Gasteiger charge is -2.32. The molecule has 2 heterocycles. The molecule has 0 saturated carbocycles. The summed E-state index contributed by atoms with van der Waals surface area (Å²) in [7, 11) is 0. The molecule has 0 amide bonds. The fraction of sp³-hybridized carbons (Fsp3) is 0.389.